The van der Waals surface area contributed by atoms with E-state index in [-0.39, 0.29) is 11.6 Å². The highest BCUT2D eigenvalue weighted by Crippen LogP contribution is 2.24. The van der Waals surface area contributed by atoms with E-state index in [0.717, 1.165) is 22.6 Å². The molecular formula is C21H23F2N3. The second-order valence-corrected chi connectivity index (χ2v) is 6.68. The highest BCUT2D eigenvalue weighted by Gasteiger charge is 2.18. The molecule has 0 aliphatic rings. The number of aryl methyl sites for hydroxylation is 2. The molecule has 2 atom stereocenters. The molecular weight excluding hydrogens is 332 g/mol. The van der Waals surface area contributed by atoms with E-state index in [0.29, 0.717) is 0 Å². The number of aromatic nitrogens is 2. The number of hydrogen-bond acceptors (Lipinski definition) is 2. The molecule has 2 aromatic carbocycles. The molecule has 0 fully saturated rings. The summed E-state index contributed by atoms with van der Waals surface area (Å²) in [6, 6.07) is 13.5. The van der Waals surface area contributed by atoms with Gasteiger partial charge in [0.25, 0.3) is 0 Å². The summed E-state index contributed by atoms with van der Waals surface area (Å²) in [5.74, 6) is -1.06. The Hall–Kier alpha value is -2.53. The summed E-state index contributed by atoms with van der Waals surface area (Å²) >= 11 is 0. The monoisotopic (exact) mass is 355 g/mol. The van der Waals surface area contributed by atoms with E-state index >= 15 is 0 Å². The average molecular weight is 355 g/mol. The molecule has 1 heterocycles. The fourth-order valence-electron chi connectivity index (χ4n) is 3.27. The minimum atomic E-state index is -0.530. The maximum Gasteiger partial charge on any atom is 0.130 e. The SMILES string of the molecule is Cc1cc(C)n(-c2ccc([C@H](C)N[C@H](C)c3c(F)cccc3F)cc2)n1. The first kappa shape index (κ1) is 18.3. The Bertz CT molecular complexity index is 880. The van der Waals surface area contributed by atoms with E-state index in [1.165, 1.54) is 18.2 Å². The van der Waals surface area contributed by atoms with Gasteiger partial charge in [0.05, 0.1) is 11.4 Å². The molecule has 0 aliphatic carbocycles. The van der Waals surface area contributed by atoms with Gasteiger partial charge in [0.1, 0.15) is 11.6 Å². The molecule has 5 heteroatoms. The molecule has 1 aromatic heterocycles. The molecule has 136 valence electrons. The van der Waals surface area contributed by atoms with Crippen molar-refractivity contribution in [1.82, 2.24) is 15.1 Å². The third-order valence-corrected chi connectivity index (χ3v) is 4.58. The van der Waals surface area contributed by atoms with Crippen LogP contribution in [0.4, 0.5) is 8.78 Å². The van der Waals surface area contributed by atoms with Crippen molar-refractivity contribution >= 4 is 0 Å². The second kappa shape index (κ2) is 7.38. The van der Waals surface area contributed by atoms with Crippen LogP contribution in [0.1, 0.15) is 48.4 Å². The van der Waals surface area contributed by atoms with Gasteiger partial charge in [-0.3, -0.25) is 0 Å². The zero-order valence-corrected chi connectivity index (χ0v) is 15.4. The quantitative estimate of drug-likeness (QED) is 0.683. The van der Waals surface area contributed by atoms with Gasteiger partial charge in [-0.25, -0.2) is 13.5 Å². The Morgan fingerprint density at radius 3 is 2.08 bits per heavy atom. The first-order valence-corrected chi connectivity index (χ1v) is 8.70. The lowest BCUT2D eigenvalue weighted by Crippen LogP contribution is -2.24. The lowest BCUT2D eigenvalue weighted by atomic mass is 10.0. The maximum absolute atomic E-state index is 13.9. The van der Waals surface area contributed by atoms with Crippen molar-refractivity contribution in [3.8, 4) is 5.69 Å². The molecule has 0 bridgehead atoms. The summed E-state index contributed by atoms with van der Waals surface area (Å²) < 4.78 is 29.8. The Morgan fingerprint density at radius 2 is 1.54 bits per heavy atom. The molecule has 0 saturated heterocycles. The van der Waals surface area contributed by atoms with Gasteiger partial charge in [0.2, 0.25) is 0 Å². The lowest BCUT2D eigenvalue weighted by Gasteiger charge is -2.22. The minimum Gasteiger partial charge on any atom is -0.303 e. The topological polar surface area (TPSA) is 29.9 Å². The molecule has 3 nitrogen and oxygen atoms in total. The van der Waals surface area contributed by atoms with Crippen LogP contribution in [0.2, 0.25) is 0 Å². The normalized spacial score (nSPS) is 13.6. The molecule has 0 aliphatic heterocycles. The van der Waals surface area contributed by atoms with Crippen LogP contribution in [0.3, 0.4) is 0 Å². The zero-order valence-electron chi connectivity index (χ0n) is 15.4. The van der Waals surface area contributed by atoms with Gasteiger partial charge in [-0.1, -0.05) is 18.2 Å². The number of halogens is 2. The highest BCUT2D eigenvalue weighted by molar-refractivity contribution is 5.37. The van der Waals surface area contributed by atoms with Crippen LogP contribution < -0.4 is 5.32 Å². The van der Waals surface area contributed by atoms with Crippen molar-refractivity contribution in [3.63, 3.8) is 0 Å². The van der Waals surface area contributed by atoms with Gasteiger partial charge in [-0.05, 0) is 63.6 Å². The maximum atomic E-state index is 13.9. The van der Waals surface area contributed by atoms with Gasteiger partial charge in [-0.15, -0.1) is 0 Å². The van der Waals surface area contributed by atoms with Gasteiger partial charge in [0, 0.05) is 23.3 Å². The van der Waals surface area contributed by atoms with Crippen molar-refractivity contribution in [2.75, 3.05) is 0 Å². The first-order valence-electron chi connectivity index (χ1n) is 8.70. The Kier molecular flexibility index (Phi) is 5.18. The van der Waals surface area contributed by atoms with Crippen LogP contribution in [0, 0.1) is 25.5 Å². The summed E-state index contributed by atoms with van der Waals surface area (Å²) in [4.78, 5) is 0. The summed E-state index contributed by atoms with van der Waals surface area (Å²) in [7, 11) is 0. The molecule has 0 saturated carbocycles. The molecule has 0 unspecified atom stereocenters. The largest absolute Gasteiger partial charge is 0.303 e. The second-order valence-electron chi connectivity index (χ2n) is 6.68. The highest BCUT2D eigenvalue weighted by atomic mass is 19.1. The van der Waals surface area contributed by atoms with Crippen LogP contribution >= 0.6 is 0 Å². The van der Waals surface area contributed by atoms with Gasteiger partial charge < -0.3 is 5.32 Å². The number of hydrogen-bond donors (Lipinski definition) is 1. The predicted octanol–water partition coefficient (Wildman–Crippen LogP) is 5.18. The Balaban J connectivity index is 1.76. The van der Waals surface area contributed by atoms with Crippen molar-refractivity contribution < 1.29 is 8.78 Å². The van der Waals surface area contributed by atoms with E-state index in [4.69, 9.17) is 0 Å². The fourth-order valence-corrected chi connectivity index (χ4v) is 3.27. The number of rotatable bonds is 5. The van der Waals surface area contributed by atoms with E-state index in [9.17, 15) is 8.78 Å². The molecule has 3 aromatic rings. The molecule has 1 N–H and O–H groups in total. The van der Waals surface area contributed by atoms with Crippen LogP contribution in [0.15, 0.2) is 48.5 Å². The van der Waals surface area contributed by atoms with Gasteiger partial charge in [0.15, 0.2) is 0 Å². The standard InChI is InChI=1S/C21H23F2N3/c1-13-12-14(2)26(25-13)18-10-8-17(9-11-18)15(3)24-16(4)21-19(22)6-5-7-20(21)23/h5-12,15-16,24H,1-4H3/t15-,16+/m0/s1. The molecule has 3 rings (SSSR count). The summed E-state index contributed by atoms with van der Waals surface area (Å²) in [5.41, 5.74) is 4.14. The average Bonchev–Trinajstić information content (AvgIpc) is 2.93. The van der Waals surface area contributed by atoms with Gasteiger partial charge >= 0.3 is 0 Å². The van der Waals surface area contributed by atoms with Crippen molar-refractivity contribution in [1.29, 1.82) is 0 Å². The van der Waals surface area contributed by atoms with E-state index in [2.05, 4.69) is 10.4 Å². The smallest absolute Gasteiger partial charge is 0.130 e. The number of nitrogens with zero attached hydrogens (tertiary/aromatic N) is 2. The third kappa shape index (κ3) is 3.68. The third-order valence-electron chi connectivity index (χ3n) is 4.58. The van der Waals surface area contributed by atoms with Crippen molar-refractivity contribution in [2.24, 2.45) is 0 Å². The fraction of sp³-hybridized carbons (Fsp3) is 0.286. The van der Waals surface area contributed by atoms with Gasteiger partial charge in [-0.2, -0.15) is 5.10 Å². The van der Waals surface area contributed by atoms with E-state index in [1.54, 1.807) is 6.92 Å². The van der Waals surface area contributed by atoms with Crippen LogP contribution in [-0.4, -0.2) is 9.78 Å². The number of benzene rings is 2. The minimum absolute atomic E-state index is 0.0569. The first-order chi connectivity index (χ1) is 12.4. The molecule has 0 radical (unpaired) electrons. The lowest BCUT2D eigenvalue weighted by molar-refractivity contribution is 0.450. The van der Waals surface area contributed by atoms with E-state index in [1.807, 2.05) is 55.8 Å². The summed E-state index contributed by atoms with van der Waals surface area (Å²) in [6.45, 7) is 7.73. The van der Waals surface area contributed by atoms with Crippen LogP contribution in [-0.2, 0) is 0 Å². The van der Waals surface area contributed by atoms with Crippen molar-refractivity contribution in [3.05, 3.63) is 82.7 Å². The van der Waals surface area contributed by atoms with E-state index < -0.39 is 17.7 Å². The van der Waals surface area contributed by atoms with Crippen LogP contribution in [0.5, 0.6) is 0 Å². The number of nitrogens with one attached hydrogen (secondary N) is 1. The predicted molar refractivity (Wildman–Crippen MR) is 99.4 cm³/mol. The Morgan fingerprint density at radius 1 is 0.923 bits per heavy atom. The Labute approximate surface area is 152 Å². The summed E-state index contributed by atoms with van der Waals surface area (Å²) in [5, 5.41) is 7.75. The molecule has 26 heavy (non-hydrogen) atoms. The van der Waals surface area contributed by atoms with Crippen LogP contribution in [0.25, 0.3) is 5.69 Å². The molecule has 0 spiro atoms. The molecule has 0 amide bonds. The summed E-state index contributed by atoms with van der Waals surface area (Å²) in [6.07, 6.45) is 0. The zero-order chi connectivity index (χ0) is 18.8. The van der Waals surface area contributed by atoms with Crippen molar-refractivity contribution in [2.45, 2.75) is 39.8 Å².